The van der Waals surface area contributed by atoms with Crippen LogP contribution in [0.4, 0.5) is 0 Å². The Balaban J connectivity index is 2.74. The van der Waals surface area contributed by atoms with Crippen LogP contribution in [0.1, 0.15) is 0 Å². The van der Waals surface area contributed by atoms with E-state index in [0.717, 1.165) is 0 Å². The average molecular weight is 137 g/mol. The fraction of sp³-hybridized carbons (Fsp3) is 0.143. The Morgan fingerprint density at radius 1 is 1.70 bits per heavy atom. The van der Waals surface area contributed by atoms with E-state index < -0.39 is 0 Å². The molecule has 0 unspecified atom stereocenters. The fourth-order valence-electron chi connectivity index (χ4n) is 0.606. The van der Waals surface area contributed by atoms with Crippen molar-refractivity contribution in [1.82, 2.24) is 4.99 Å². The van der Waals surface area contributed by atoms with E-state index in [-0.39, 0.29) is 5.97 Å². The lowest BCUT2D eigenvalue weighted by atomic mass is 10.2. The molecule has 51 valence electrons. The van der Waals surface area contributed by atoms with E-state index in [0.29, 0.717) is 5.57 Å². The summed E-state index contributed by atoms with van der Waals surface area (Å²) in [7, 11) is 1.35. The number of allylic oxidation sites excluding steroid dienone is 1. The van der Waals surface area contributed by atoms with Gasteiger partial charge in [-0.05, 0) is 0 Å². The van der Waals surface area contributed by atoms with Gasteiger partial charge in [0.1, 0.15) is 0 Å². The van der Waals surface area contributed by atoms with Crippen molar-refractivity contribution < 1.29 is 9.53 Å². The van der Waals surface area contributed by atoms with Crippen molar-refractivity contribution in [3.63, 3.8) is 0 Å². The molecular weight excluding hydrogens is 130 g/mol. The van der Waals surface area contributed by atoms with E-state index in [4.69, 9.17) is 0 Å². The van der Waals surface area contributed by atoms with Gasteiger partial charge in [-0.1, -0.05) is 0 Å². The number of methoxy groups -OCH3 is 1. The second-order valence-electron chi connectivity index (χ2n) is 1.73. The molecule has 3 heteroatoms. The molecule has 0 saturated carbocycles. The highest BCUT2D eigenvalue weighted by molar-refractivity contribution is 5.96. The molecule has 10 heavy (non-hydrogen) atoms. The number of hydrogen-bond donors (Lipinski definition) is 0. The molecule has 1 radical (unpaired) electrons. The van der Waals surface area contributed by atoms with Crippen LogP contribution in [0.25, 0.3) is 0 Å². The van der Waals surface area contributed by atoms with Crippen molar-refractivity contribution in [2.75, 3.05) is 7.11 Å². The SMILES string of the molecule is COC(=O)C1=CC=[N+]C=C1. The highest BCUT2D eigenvalue weighted by Crippen LogP contribution is 1.99. The molecule has 1 aliphatic heterocycles. The third-order valence-corrected chi connectivity index (χ3v) is 1.10. The van der Waals surface area contributed by atoms with Crippen molar-refractivity contribution in [2.24, 2.45) is 0 Å². The number of nitrogens with zero attached hydrogens (tertiary/aromatic N) is 1. The van der Waals surface area contributed by atoms with Crippen LogP contribution in [0, 0.1) is 0 Å². The molecule has 0 fully saturated rings. The smallest absolute Gasteiger partial charge is 0.338 e. The number of carbonyl (C=O) groups is 1. The molecule has 0 spiro atoms. The van der Waals surface area contributed by atoms with Crippen molar-refractivity contribution in [3.8, 4) is 0 Å². The molecule has 1 aliphatic rings. The first-order chi connectivity index (χ1) is 4.84. The van der Waals surface area contributed by atoms with Gasteiger partial charge in [-0.3, -0.25) is 0 Å². The zero-order valence-electron chi connectivity index (χ0n) is 5.57. The molecule has 0 amide bonds. The third-order valence-electron chi connectivity index (χ3n) is 1.10. The molecule has 0 aromatic rings. The van der Waals surface area contributed by atoms with E-state index in [2.05, 4.69) is 9.73 Å². The molecule has 0 atom stereocenters. The van der Waals surface area contributed by atoms with Gasteiger partial charge in [-0.15, -0.1) is 0 Å². The quantitative estimate of drug-likeness (QED) is 0.478. The summed E-state index contributed by atoms with van der Waals surface area (Å²) in [5, 5.41) is 0. The summed E-state index contributed by atoms with van der Waals surface area (Å²) in [4.78, 5) is 14.5. The number of rotatable bonds is 1. The lowest BCUT2D eigenvalue weighted by Gasteiger charge is -1.95. The van der Waals surface area contributed by atoms with Gasteiger partial charge in [0.25, 0.3) is 0 Å². The Morgan fingerprint density at radius 2 is 2.50 bits per heavy atom. The van der Waals surface area contributed by atoms with Crippen molar-refractivity contribution in [2.45, 2.75) is 0 Å². The van der Waals surface area contributed by atoms with Gasteiger partial charge < -0.3 is 4.74 Å². The lowest BCUT2D eigenvalue weighted by molar-refractivity contribution is -0.135. The summed E-state index contributed by atoms with van der Waals surface area (Å²) < 4.78 is 4.47. The Morgan fingerprint density at radius 3 is 3.00 bits per heavy atom. The standard InChI is InChI=1S/C7H7NO2/c1-10-7(9)6-2-4-8-5-3-6/h2-5H,1H3/q+1. The Labute approximate surface area is 58.7 Å². The van der Waals surface area contributed by atoms with Crippen molar-refractivity contribution >= 4 is 12.2 Å². The Hall–Kier alpha value is -1.38. The van der Waals surface area contributed by atoms with E-state index >= 15 is 0 Å². The molecule has 0 aliphatic carbocycles. The first kappa shape index (κ1) is 6.74. The molecule has 1 heterocycles. The Kier molecular flexibility index (Phi) is 1.99. The number of ether oxygens (including phenoxy) is 1. The average Bonchev–Trinajstić information content (AvgIpc) is 2.05. The van der Waals surface area contributed by atoms with E-state index in [1.165, 1.54) is 7.11 Å². The zero-order chi connectivity index (χ0) is 7.40. The molecule has 0 saturated heterocycles. The normalized spacial score (nSPS) is 14.7. The van der Waals surface area contributed by atoms with Gasteiger partial charge in [-0.2, -0.15) is 0 Å². The van der Waals surface area contributed by atoms with Crippen LogP contribution in [-0.4, -0.2) is 19.3 Å². The van der Waals surface area contributed by atoms with Gasteiger partial charge in [0.2, 0.25) is 12.4 Å². The second kappa shape index (κ2) is 2.96. The van der Waals surface area contributed by atoms with Gasteiger partial charge in [0.15, 0.2) is 0 Å². The minimum absolute atomic E-state index is 0.331. The minimum atomic E-state index is -0.331. The summed E-state index contributed by atoms with van der Waals surface area (Å²) in [6.45, 7) is 0. The number of esters is 1. The van der Waals surface area contributed by atoms with E-state index in [1.807, 2.05) is 0 Å². The molecule has 0 aromatic heterocycles. The number of hydrogen-bond acceptors (Lipinski definition) is 3. The van der Waals surface area contributed by atoms with Gasteiger partial charge in [0.05, 0.1) is 17.7 Å². The number of aliphatic imine (C=N–C) groups is 1. The fourth-order valence-corrected chi connectivity index (χ4v) is 0.606. The van der Waals surface area contributed by atoms with Crippen LogP contribution in [0.5, 0.6) is 0 Å². The molecular formula is C7H7NO2+. The predicted octanol–water partition coefficient (Wildman–Crippen LogP) is 0.0197. The summed E-state index contributed by atoms with van der Waals surface area (Å²) in [6, 6.07) is 0. The van der Waals surface area contributed by atoms with Gasteiger partial charge in [-0.25, -0.2) is 4.79 Å². The molecule has 0 aromatic carbocycles. The maximum atomic E-state index is 10.8. The summed E-state index contributed by atoms with van der Waals surface area (Å²) in [5.74, 6) is -0.331. The molecule has 3 nitrogen and oxygen atoms in total. The first-order valence-electron chi connectivity index (χ1n) is 2.83. The Bertz CT molecular complexity index is 226. The van der Waals surface area contributed by atoms with Crippen LogP contribution in [0.2, 0.25) is 0 Å². The summed E-state index contributed by atoms with van der Waals surface area (Å²) >= 11 is 0. The topological polar surface area (TPSA) is 40.4 Å². The van der Waals surface area contributed by atoms with Gasteiger partial charge >= 0.3 is 5.97 Å². The number of carbonyl (C=O) groups excluding carboxylic acids is 1. The predicted molar refractivity (Wildman–Crippen MR) is 37.4 cm³/mol. The van der Waals surface area contributed by atoms with E-state index in [1.54, 1.807) is 24.6 Å². The highest BCUT2D eigenvalue weighted by atomic mass is 16.5. The van der Waals surface area contributed by atoms with Crippen LogP contribution in [0.3, 0.4) is 0 Å². The molecule has 0 N–H and O–H groups in total. The van der Waals surface area contributed by atoms with Crippen LogP contribution in [-0.2, 0) is 9.53 Å². The zero-order valence-corrected chi connectivity index (χ0v) is 5.57. The third kappa shape index (κ3) is 1.31. The van der Waals surface area contributed by atoms with Crippen LogP contribution < -0.4 is 4.99 Å². The summed E-state index contributed by atoms with van der Waals surface area (Å²) in [5.41, 5.74) is 0.525. The molecule has 0 bridgehead atoms. The van der Waals surface area contributed by atoms with Crippen molar-refractivity contribution in [3.05, 3.63) is 23.9 Å². The maximum Gasteiger partial charge on any atom is 0.338 e. The lowest BCUT2D eigenvalue weighted by Crippen LogP contribution is -2.05. The second-order valence-corrected chi connectivity index (χ2v) is 1.73. The minimum Gasteiger partial charge on any atom is -0.465 e. The van der Waals surface area contributed by atoms with Crippen molar-refractivity contribution in [1.29, 1.82) is 0 Å². The summed E-state index contributed by atoms with van der Waals surface area (Å²) in [6.07, 6.45) is 6.30. The molecule has 1 rings (SSSR count). The van der Waals surface area contributed by atoms with Crippen LogP contribution >= 0.6 is 0 Å². The monoisotopic (exact) mass is 137 g/mol. The van der Waals surface area contributed by atoms with Crippen LogP contribution in [0.15, 0.2) is 23.9 Å². The van der Waals surface area contributed by atoms with E-state index in [9.17, 15) is 4.79 Å². The largest absolute Gasteiger partial charge is 0.465 e. The maximum absolute atomic E-state index is 10.8. The van der Waals surface area contributed by atoms with Gasteiger partial charge in [0, 0.05) is 12.2 Å². The highest BCUT2D eigenvalue weighted by Gasteiger charge is 2.08. The first-order valence-corrected chi connectivity index (χ1v) is 2.83.